The Hall–Kier alpha value is -1.36. The van der Waals surface area contributed by atoms with Crippen molar-refractivity contribution in [2.75, 3.05) is 0 Å². The fourth-order valence-corrected chi connectivity index (χ4v) is 2.74. The number of hydrogen-bond acceptors (Lipinski definition) is 1. The summed E-state index contributed by atoms with van der Waals surface area (Å²) in [5.41, 5.74) is -7.63. The van der Waals surface area contributed by atoms with Gasteiger partial charge < -0.3 is 5.11 Å². The van der Waals surface area contributed by atoms with Crippen molar-refractivity contribution in [3.63, 3.8) is 0 Å². The van der Waals surface area contributed by atoms with Gasteiger partial charge in [-0.15, -0.1) is 0 Å². The van der Waals surface area contributed by atoms with E-state index in [4.69, 9.17) is 5.11 Å². The van der Waals surface area contributed by atoms with Gasteiger partial charge in [0.2, 0.25) is 0 Å². The fourth-order valence-electron chi connectivity index (χ4n) is 2.31. The third kappa shape index (κ3) is 2.24. The molecule has 0 saturated heterocycles. The summed E-state index contributed by atoms with van der Waals surface area (Å²) >= 11 is 8.95. The second kappa shape index (κ2) is 5.32. The van der Waals surface area contributed by atoms with E-state index >= 15 is 0 Å². The minimum atomic E-state index is -5.74. The van der Waals surface area contributed by atoms with Crippen molar-refractivity contribution in [2.24, 2.45) is 0 Å². The normalized spacial score (nSPS) is 30.0. The molecule has 2 nitrogen and oxygen atoms in total. The predicted octanol–water partition coefficient (Wildman–Crippen LogP) is 4.74. The van der Waals surface area contributed by atoms with Crippen molar-refractivity contribution in [3.05, 3.63) is 34.1 Å². The summed E-state index contributed by atoms with van der Waals surface area (Å²) in [4.78, 5) is 10.5. The quantitative estimate of drug-likeness (QED) is 0.426. The van der Waals surface area contributed by atoms with Gasteiger partial charge in [-0.2, -0.15) is 17.6 Å². The van der Waals surface area contributed by atoms with E-state index in [1.54, 1.807) is 0 Å². The lowest BCUT2D eigenvalue weighted by atomic mass is 9.80. The van der Waals surface area contributed by atoms with Gasteiger partial charge in [-0.25, -0.2) is 22.0 Å². The standard InChI is InChI=1S/C12H3Cl2F9O2/c13-11(22)9(18,19)4-5(10(20,21)12(11,14)23)8(17)7(16)2(6(4)15)1-3(24)25/h1H2,(H,24,25). The zero-order valence-electron chi connectivity index (χ0n) is 11.2. The highest BCUT2D eigenvalue weighted by Gasteiger charge is 2.83. The van der Waals surface area contributed by atoms with Crippen molar-refractivity contribution in [3.8, 4) is 0 Å². The van der Waals surface area contributed by atoms with Crippen molar-refractivity contribution in [1.29, 1.82) is 0 Å². The Labute approximate surface area is 142 Å². The van der Waals surface area contributed by atoms with E-state index in [0.29, 0.717) is 0 Å². The molecule has 13 heteroatoms. The van der Waals surface area contributed by atoms with Gasteiger partial charge in [-0.3, -0.25) is 4.79 Å². The zero-order chi connectivity index (χ0) is 19.7. The van der Waals surface area contributed by atoms with E-state index in [2.05, 4.69) is 23.2 Å². The monoisotopic (exact) mass is 420 g/mol. The number of rotatable bonds is 2. The number of carbonyl (C=O) groups is 1. The van der Waals surface area contributed by atoms with Gasteiger partial charge in [0.25, 0.3) is 0 Å². The molecule has 1 N–H and O–H groups in total. The Morgan fingerprint density at radius 3 is 1.52 bits per heavy atom. The third-order valence-corrected chi connectivity index (χ3v) is 4.64. The Balaban J connectivity index is 3.06. The van der Waals surface area contributed by atoms with Crippen molar-refractivity contribution in [1.82, 2.24) is 0 Å². The maximum atomic E-state index is 14.1. The topological polar surface area (TPSA) is 37.3 Å². The van der Waals surface area contributed by atoms with Gasteiger partial charge in [0.1, 0.15) is 5.82 Å². The molecule has 0 radical (unpaired) electrons. The van der Waals surface area contributed by atoms with Gasteiger partial charge >= 0.3 is 28.1 Å². The highest BCUT2D eigenvalue weighted by Crippen LogP contribution is 2.67. The van der Waals surface area contributed by atoms with E-state index in [9.17, 15) is 44.3 Å². The Morgan fingerprint density at radius 1 is 0.800 bits per heavy atom. The second-order valence-corrected chi connectivity index (χ2v) is 6.08. The van der Waals surface area contributed by atoms with E-state index < -0.39 is 68.6 Å². The largest absolute Gasteiger partial charge is 0.481 e. The van der Waals surface area contributed by atoms with Gasteiger partial charge in [0, 0.05) is 5.56 Å². The minimum Gasteiger partial charge on any atom is -0.481 e. The summed E-state index contributed by atoms with van der Waals surface area (Å²) in [7, 11) is 0. The Morgan fingerprint density at radius 2 is 1.16 bits per heavy atom. The molecule has 0 saturated carbocycles. The molecule has 1 aliphatic carbocycles. The number of alkyl halides is 8. The van der Waals surface area contributed by atoms with Crippen LogP contribution in [-0.2, 0) is 23.1 Å². The Bertz CT molecular complexity index is 777. The number of hydrogen-bond donors (Lipinski definition) is 1. The molecule has 2 atom stereocenters. The maximum Gasteiger partial charge on any atom is 0.328 e. The molecule has 0 aliphatic heterocycles. The molecule has 1 aromatic rings. The number of carboxylic acid groups (broad SMARTS) is 1. The van der Waals surface area contributed by atoms with Crippen LogP contribution in [0.15, 0.2) is 0 Å². The predicted molar refractivity (Wildman–Crippen MR) is 64.8 cm³/mol. The highest BCUT2D eigenvalue weighted by atomic mass is 35.5. The molecule has 140 valence electrons. The van der Waals surface area contributed by atoms with Crippen LogP contribution >= 0.6 is 23.2 Å². The first-order valence-corrected chi connectivity index (χ1v) is 6.72. The van der Waals surface area contributed by atoms with Crippen LogP contribution in [0.25, 0.3) is 0 Å². The van der Waals surface area contributed by atoms with E-state index in [1.807, 2.05) is 0 Å². The summed E-state index contributed by atoms with van der Waals surface area (Å²) in [6, 6.07) is 0. The summed E-state index contributed by atoms with van der Waals surface area (Å²) in [6.45, 7) is 0. The van der Waals surface area contributed by atoms with Crippen LogP contribution in [0.3, 0.4) is 0 Å². The van der Waals surface area contributed by atoms with Crippen LogP contribution in [0.2, 0.25) is 0 Å². The van der Waals surface area contributed by atoms with Crippen LogP contribution in [0.5, 0.6) is 0 Å². The van der Waals surface area contributed by atoms with E-state index in [-0.39, 0.29) is 0 Å². The van der Waals surface area contributed by atoms with Crippen LogP contribution in [0, 0.1) is 17.5 Å². The fraction of sp³-hybridized carbons (Fsp3) is 0.417. The first-order chi connectivity index (χ1) is 11.0. The van der Waals surface area contributed by atoms with Crippen LogP contribution in [0.4, 0.5) is 39.5 Å². The molecule has 1 aromatic carbocycles. The number of aliphatic carboxylic acids is 1. The van der Waals surface area contributed by atoms with Crippen molar-refractivity contribution < 1.29 is 49.4 Å². The lowest BCUT2D eigenvalue weighted by Crippen LogP contribution is -2.63. The van der Waals surface area contributed by atoms with Crippen LogP contribution < -0.4 is 0 Å². The van der Waals surface area contributed by atoms with Gasteiger partial charge in [-0.1, -0.05) is 23.2 Å². The molecule has 0 aromatic heterocycles. The number of benzene rings is 1. The molecular weight excluding hydrogens is 418 g/mol. The van der Waals surface area contributed by atoms with Gasteiger partial charge in [-0.05, 0) is 0 Å². The Kier molecular flexibility index (Phi) is 4.25. The van der Waals surface area contributed by atoms with Gasteiger partial charge in [0.15, 0.2) is 11.6 Å². The molecular formula is C12H3Cl2F9O2. The molecule has 0 amide bonds. The smallest absolute Gasteiger partial charge is 0.328 e. The molecule has 0 fully saturated rings. The average molecular weight is 421 g/mol. The average Bonchev–Trinajstić information content (AvgIpc) is 2.44. The number of halogens is 11. The second-order valence-electron chi connectivity index (χ2n) is 5.04. The molecule has 0 spiro atoms. The first-order valence-electron chi connectivity index (χ1n) is 5.96. The molecule has 25 heavy (non-hydrogen) atoms. The maximum absolute atomic E-state index is 14.1. The van der Waals surface area contributed by atoms with Gasteiger partial charge in [0.05, 0.1) is 17.5 Å². The van der Waals surface area contributed by atoms with Crippen LogP contribution in [0.1, 0.15) is 16.7 Å². The van der Waals surface area contributed by atoms with Crippen molar-refractivity contribution in [2.45, 2.75) is 28.5 Å². The summed E-state index contributed by atoms with van der Waals surface area (Å²) in [5.74, 6) is -21.7. The van der Waals surface area contributed by atoms with Crippen molar-refractivity contribution >= 4 is 29.2 Å². The lowest BCUT2D eigenvalue weighted by molar-refractivity contribution is -0.234. The molecule has 2 unspecified atom stereocenters. The summed E-state index contributed by atoms with van der Waals surface area (Å²) in [5, 5.41) is -2.52. The summed E-state index contributed by atoms with van der Waals surface area (Å²) in [6.07, 6.45) is -1.76. The highest BCUT2D eigenvalue weighted by molar-refractivity contribution is 6.34. The summed E-state index contributed by atoms with van der Waals surface area (Å²) < 4.78 is 126. The molecule has 1 aliphatic rings. The molecule has 2 rings (SSSR count). The molecule has 0 heterocycles. The number of carboxylic acids is 1. The minimum absolute atomic E-state index is 1.76. The van der Waals surface area contributed by atoms with Crippen LogP contribution in [-0.4, -0.2) is 21.3 Å². The zero-order valence-corrected chi connectivity index (χ0v) is 12.7. The number of fused-ring (bicyclic) bond motifs is 1. The SMILES string of the molecule is O=C(O)Cc1c(F)c(F)c2c(c1F)C(F)(F)C(F)(Cl)C(F)(Cl)C2(F)F. The molecule has 0 bridgehead atoms. The van der Waals surface area contributed by atoms with E-state index in [1.165, 1.54) is 0 Å². The lowest BCUT2D eigenvalue weighted by Gasteiger charge is -2.45. The third-order valence-electron chi connectivity index (χ3n) is 3.55. The first kappa shape index (κ1) is 20.0. The van der Waals surface area contributed by atoms with E-state index in [0.717, 1.165) is 0 Å².